The molecule has 0 radical (unpaired) electrons. The van der Waals surface area contributed by atoms with E-state index in [9.17, 15) is 14.8 Å². The zero-order chi connectivity index (χ0) is 10.7. The first-order valence-electron chi connectivity index (χ1n) is 4.41. The standard InChI is InChI=1S/C7H14NO5P/c8-6-5(9)3-4(13-7(6)10)1-2-14(11)12/h4-7,9-10H,1-3,8H2/p+1/t4-,5+,6+,7?/m1/s1. The van der Waals surface area contributed by atoms with Crippen molar-refractivity contribution < 1.29 is 24.4 Å². The molecule has 1 fully saturated rings. The maximum Gasteiger partial charge on any atom is 0.505 e. The van der Waals surface area contributed by atoms with Crippen molar-refractivity contribution in [3.63, 3.8) is 0 Å². The average Bonchev–Trinajstić information content (AvgIpc) is 2.10. The van der Waals surface area contributed by atoms with Gasteiger partial charge >= 0.3 is 8.03 Å². The lowest BCUT2D eigenvalue weighted by Gasteiger charge is -2.34. The van der Waals surface area contributed by atoms with Crippen LogP contribution in [0.4, 0.5) is 0 Å². The second-order valence-corrected chi connectivity index (χ2v) is 4.55. The zero-order valence-corrected chi connectivity index (χ0v) is 8.51. The van der Waals surface area contributed by atoms with E-state index in [2.05, 4.69) is 0 Å². The number of rotatable bonds is 3. The van der Waals surface area contributed by atoms with Crippen LogP contribution in [0.5, 0.6) is 0 Å². The van der Waals surface area contributed by atoms with Gasteiger partial charge in [0.05, 0.1) is 18.2 Å². The smallest absolute Gasteiger partial charge is 0.391 e. The van der Waals surface area contributed by atoms with E-state index in [0.29, 0.717) is 12.8 Å². The summed E-state index contributed by atoms with van der Waals surface area (Å²) < 4.78 is 15.5. The number of aliphatic hydroxyl groups is 2. The molecule has 1 aliphatic heterocycles. The molecule has 0 aromatic rings. The molecule has 1 aliphatic rings. The minimum atomic E-state index is -2.19. The Labute approximate surface area is 82.6 Å². The van der Waals surface area contributed by atoms with Gasteiger partial charge in [0.25, 0.3) is 0 Å². The lowest BCUT2D eigenvalue weighted by atomic mass is 9.99. The van der Waals surface area contributed by atoms with Crippen molar-refractivity contribution >= 4 is 8.03 Å². The third kappa shape index (κ3) is 3.24. The highest BCUT2D eigenvalue weighted by molar-refractivity contribution is 7.37. The van der Waals surface area contributed by atoms with Crippen LogP contribution in [-0.2, 0) is 9.30 Å². The van der Waals surface area contributed by atoms with Gasteiger partial charge in [-0.1, -0.05) is 0 Å². The second-order valence-electron chi connectivity index (χ2n) is 3.39. The molecule has 0 saturated carbocycles. The molecular formula is C7H15NO5P+. The van der Waals surface area contributed by atoms with Gasteiger partial charge in [-0.15, -0.1) is 0 Å². The summed E-state index contributed by atoms with van der Waals surface area (Å²) in [6, 6.07) is -0.797. The van der Waals surface area contributed by atoms with E-state index in [4.69, 9.17) is 15.4 Å². The summed E-state index contributed by atoms with van der Waals surface area (Å²) in [5.41, 5.74) is 5.41. The first-order chi connectivity index (χ1) is 6.50. The topological polar surface area (TPSA) is 113 Å². The molecule has 82 valence electrons. The fourth-order valence-corrected chi connectivity index (χ4v) is 1.91. The molecule has 7 heteroatoms. The van der Waals surface area contributed by atoms with Gasteiger partial charge in [-0.2, -0.15) is 4.89 Å². The summed E-state index contributed by atoms with van der Waals surface area (Å²) in [7, 11) is -2.19. The van der Waals surface area contributed by atoms with Crippen LogP contribution in [0.15, 0.2) is 0 Å². The SMILES string of the molecule is N[C@@H]1C(O)O[C@H](CC[P+](=O)O)C[C@@H]1O. The fourth-order valence-electron chi connectivity index (χ4n) is 1.40. The quantitative estimate of drug-likeness (QED) is 0.453. The number of hydrogen-bond acceptors (Lipinski definition) is 5. The summed E-state index contributed by atoms with van der Waals surface area (Å²) in [5, 5.41) is 18.6. The highest BCUT2D eigenvalue weighted by Gasteiger charge is 2.35. The summed E-state index contributed by atoms with van der Waals surface area (Å²) in [6.07, 6.45) is -1.67. The molecule has 0 spiro atoms. The van der Waals surface area contributed by atoms with Crippen molar-refractivity contribution in [2.45, 2.75) is 37.4 Å². The number of nitrogens with two attached hydrogens (primary N) is 1. The Morgan fingerprint density at radius 3 is 2.64 bits per heavy atom. The van der Waals surface area contributed by atoms with Crippen molar-refractivity contribution in [2.75, 3.05) is 6.16 Å². The predicted molar refractivity (Wildman–Crippen MR) is 48.8 cm³/mol. The van der Waals surface area contributed by atoms with E-state index in [-0.39, 0.29) is 6.16 Å². The number of aliphatic hydroxyl groups excluding tert-OH is 2. The fraction of sp³-hybridized carbons (Fsp3) is 1.00. The molecule has 6 nitrogen and oxygen atoms in total. The van der Waals surface area contributed by atoms with Gasteiger partial charge in [-0.05, 0) is 4.57 Å². The molecule has 5 N–H and O–H groups in total. The first kappa shape index (κ1) is 12.0. The molecule has 0 amide bonds. The lowest BCUT2D eigenvalue weighted by Crippen LogP contribution is -2.53. The monoisotopic (exact) mass is 224 g/mol. The minimum absolute atomic E-state index is 0.106. The van der Waals surface area contributed by atoms with Crippen molar-refractivity contribution in [3.05, 3.63) is 0 Å². The average molecular weight is 224 g/mol. The van der Waals surface area contributed by atoms with Gasteiger partial charge in [-0.3, -0.25) is 0 Å². The van der Waals surface area contributed by atoms with E-state index in [1.807, 2.05) is 0 Å². The molecule has 0 aromatic heterocycles. The molecule has 0 aromatic carbocycles. The Bertz CT molecular complexity index is 202. The van der Waals surface area contributed by atoms with Crippen LogP contribution in [0.25, 0.3) is 0 Å². The molecule has 2 unspecified atom stereocenters. The van der Waals surface area contributed by atoms with Crippen molar-refractivity contribution in [3.8, 4) is 0 Å². The Balaban J connectivity index is 2.38. The van der Waals surface area contributed by atoms with Crippen molar-refractivity contribution in [1.29, 1.82) is 0 Å². The van der Waals surface area contributed by atoms with Crippen molar-refractivity contribution in [2.24, 2.45) is 5.73 Å². The van der Waals surface area contributed by atoms with Crippen molar-refractivity contribution in [1.82, 2.24) is 0 Å². The second kappa shape index (κ2) is 5.11. The van der Waals surface area contributed by atoms with Crippen LogP contribution in [-0.4, -0.2) is 45.8 Å². The van der Waals surface area contributed by atoms with E-state index in [1.165, 1.54) is 0 Å². The Kier molecular flexibility index (Phi) is 4.37. The minimum Gasteiger partial charge on any atom is -0.391 e. The maximum atomic E-state index is 10.4. The van der Waals surface area contributed by atoms with E-state index in [1.54, 1.807) is 0 Å². The van der Waals surface area contributed by atoms with Crippen LogP contribution in [0.1, 0.15) is 12.8 Å². The van der Waals surface area contributed by atoms with Gasteiger partial charge in [0.15, 0.2) is 12.5 Å². The normalized spacial score (nSPS) is 39.6. The third-order valence-corrected chi connectivity index (χ3v) is 2.89. The lowest BCUT2D eigenvalue weighted by molar-refractivity contribution is -0.200. The van der Waals surface area contributed by atoms with E-state index in [0.717, 1.165) is 0 Å². The highest BCUT2D eigenvalue weighted by Crippen LogP contribution is 2.23. The van der Waals surface area contributed by atoms with Gasteiger partial charge in [0.1, 0.15) is 0 Å². The summed E-state index contributed by atoms with van der Waals surface area (Å²) >= 11 is 0. The van der Waals surface area contributed by atoms with Crippen LogP contribution in [0, 0.1) is 0 Å². The van der Waals surface area contributed by atoms with Crippen LogP contribution < -0.4 is 5.73 Å². The molecule has 0 bridgehead atoms. The molecule has 1 heterocycles. The molecule has 14 heavy (non-hydrogen) atoms. The number of ether oxygens (including phenoxy) is 1. The first-order valence-corrected chi connectivity index (χ1v) is 5.81. The van der Waals surface area contributed by atoms with Crippen LogP contribution in [0.2, 0.25) is 0 Å². The van der Waals surface area contributed by atoms with E-state index >= 15 is 0 Å². The Hall–Kier alpha value is -0.100. The van der Waals surface area contributed by atoms with Crippen LogP contribution in [0.3, 0.4) is 0 Å². The molecule has 0 aliphatic carbocycles. The molecule has 1 rings (SSSR count). The van der Waals surface area contributed by atoms with E-state index < -0.39 is 32.6 Å². The van der Waals surface area contributed by atoms with Gasteiger partial charge in [-0.25, -0.2) is 0 Å². The summed E-state index contributed by atoms with van der Waals surface area (Å²) in [5.74, 6) is 0. The van der Waals surface area contributed by atoms with Gasteiger partial charge < -0.3 is 20.7 Å². The molecule has 5 atom stereocenters. The molecular weight excluding hydrogens is 209 g/mol. The Morgan fingerprint density at radius 1 is 1.50 bits per heavy atom. The largest absolute Gasteiger partial charge is 0.505 e. The molecule has 1 saturated heterocycles. The third-order valence-electron chi connectivity index (χ3n) is 2.25. The van der Waals surface area contributed by atoms with Crippen LogP contribution >= 0.6 is 8.03 Å². The zero-order valence-electron chi connectivity index (χ0n) is 7.61. The summed E-state index contributed by atoms with van der Waals surface area (Å²) in [4.78, 5) is 8.57. The van der Waals surface area contributed by atoms with Gasteiger partial charge in [0.2, 0.25) is 0 Å². The Morgan fingerprint density at radius 2 is 2.14 bits per heavy atom. The van der Waals surface area contributed by atoms with Gasteiger partial charge in [0, 0.05) is 12.8 Å². The highest BCUT2D eigenvalue weighted by atomic mass is 31.1. The number of hydrogen-bond donors (Lipinski definition) is 4. The predicted octanol–water partition coefficient (Wildman–Crippen LogP) is -1.09. The summed E-state index contributed by atoms with van der Waals surface area (Å²) in [6.45, 7) is 0. The maximum absolute atomic E-state index is 10.4.